The lowest BCUT2D eigenvalue weighted by atomic mass is 10.2. The number of sulfonamides is 1. The fraction of sp³-hybridized carbons (Fsp3) is 0.647. The lowest BCUT2D eigenvalue weighted by Gasteiger charge is -2.37. The normalized spacial score (nSPS) is 22.2. The zero-order valence-corrected chi connectivity index (χ0v) is 14.2. The smallest absolute Gasteiger partial charge is 0.218 e. The second-order valence-electron chi connectivity index (χ2n) is 6.62. The van der Waals surface area contributed by atoms with E-state index in [0.717, 1.165) is 24.2 Å². The van der Waals surface area contributed by atoms with E-state index in [9.17, 15) is 8.42 Å². The summed E-state index contributed by atoms with van der Waals surface area (Å²) in [6.45, 7) is 5.06. The molecule has 1 saturated heterocycles. The Balaban J connectivity index is 1.59. The first-order valence-electron chi connectivity index (χ1n) is 8.32. The average Bonchev–Trinajstić information content (AvgIpc) is 3.01. The predicted molar refractivity (Wildman–Crippen MR) is 89.2 cm³/mol. The molecule has 0 unspecified atom stereocenters. The summed E-state index contributed by atoms with van der Waals surface area (Å²) >= 11 is 0. The van der Waals surface area contributed by atoms with E-state index in [4.69, 9.17) is 0 Å². The van der Waals surface area contributed by atoms with E-state index in [1.165, 1.54) is 25.7 Å². The van der Waals surface area contributed by atoms with E-state index >= 15 is 0 Å². The van der Waals surface area contributed by atoms with Crippen LogP contribution in [0.3, 0.4) is 0 Å². The monoisotopic (exact) mass is 322 g/mol. The van der Waals surface area contributed by atoms with Crippen LogP contribution in [0, 0.1) is 6.92 Å². The summed E-state index contributed by atoms with van der Waals surface area (Å²) in [6, 6.07) is 8.49. The highest BCUT2D eigenvalue weighted by Crippen LogP contribution is 2.25. The molecule has 1 aromatic rings. The molecule has 22 heavy (non-hydrogen) atoms. The van der Waals surface area contributed by atoms with Crippen LogP contribution in [0.25, 0.3) is 0 Å². The fourth-order valence-corrected chi connectivity index (χ4v) is 5.22. The molecule has 0 amide bonds. The molecule has 0 spiro atoms. The summed E-state index contributed by atoms with van der Waals surface area (Å²) < 4.78 is 26.9. The first kappa shape index (κ1) is 16.0. The van der Waals surface area contributed by atoms with Crippen molar-refractivity contribution in [2.75, 3.05) is 26.2 Å². The van der Waals surface area contributed by atoms with E-state index in [2.05, 4.69) is 4.90 Å². The molecule has 1 aliphatic carbocycles. The van der Waals surface area contributed by atoms with Crippen molar-refractivity contribution in [3.63, 3.8) is 0 Å². The molecule has 1 heterocycles. The summed E-state index contributed by atoms with van der Waals surface area (Å²) in [4.78, 5) is 2.49. The van der Waals surface area contributed by atoms with Crippen LogP contribution in [0.5, 0.6) is 0 Å². The van der Waals surface area contributed by atoms with Crippen LogP contribution in [0.4, 0.5) is 0 Å². The van der Waals surface area contributed by atoms with E-state index in [0.29, 0.717) is 19.1 Å². The molecule has 0 atom stereocenters. The molecule has 2 aliphatic rings. The van der Waals surface area contributed by atoms with Crippen molar-refractivity contribution in [1.29, 1.82) is 0 Å². The second kappa shape index (κ2) is 6.69. The SMILES string of the molecule is Cc1cccc(CS(=O)(=O)N2CCN(C3CCCC3)CC2)c1. The number of hydrogen-bond acceptors (Lipinski definition) is 3. The van der Waals surface area contributed by atoms with Gasteiger partial charge in [-0.05, 0) is 25.3 Å². The van der Waals surface area contributed by atoms with Crippen LogP contribution in [0.2, 0.25) is 0 Å². The molecule has 4 nitrogen and oxygen atoms in total. The molecule has 1 aliphatic heterocycles. The number of aryl methyl sites for hydroxylation is 1. The summed E-state index contributed by atoms with van der Waals surface area (Å²) in [5, 5.41) is 0. The Morgan fingerprint density at radius 1 is 1.09 bits per heavy atom. The molecule has 0 N–H and O–H groups in total. The van der Waals surface area contributed by atoms with Gasteiger partial charge in [-0.25, -0.2) is 8.42 Å². The minimum absolute atomic E-state index is 0.123. The molecule has 5 heteroatoms. The highest BCUT2D eigenvalue weighted by atomic mass is 32.2. The van der Waals surface area contributed by atoms with Crippen LogP contribution in [-0.4, -0.2) is 49.8 Å². The lowest BCUT2D eigenvalue weighted by molar-refractivity contribution is 0.139. The van der Waals surface area contributed by atoms with Crippen molar-refractivity contribution >= 4 is 10.0 Å². The van der Waals surface area contributed by atoms with Gasteiger partial charge in [0, 0.05) is 32.2 Å². The van der Waals surface area contributed by atoms with Crippen LogP contribution in [0.1, 0.15) is 36.8 Å². The number of rotatable bonds is 4. The molecular weight excluding hydrogens is 296 g/mol. The molecular formula is C17H26N2O2S. The van der Waals surface area contributed by atoms with E-state index in [1.807, 2.05) is 31.2 Å². The maximum absolute atomic E-state index is 12.6. The average molecular weight is 322 g/mol. The van der Waals surface area contributed by atoms with Gasteiger partial charge in [-0.2, -0.15) is 4.31 Å². The maximum Gasteiger partial charge on any atom is 0.218 e. The minimum Gasteiger partial charge on any atom is -0.298 e. The Bertz CT molecular complexity index is 601. The van der Waals surface area contributed by atoms with Crippen LogP contribution in [-0.2, 0) is 15.8 Å². The van der Waals surface area contributed by atoms with Gasteiger partial charge in [0.25, 0.3) is 0 Å². The van der Waals surface area contributed by atoms with E-state index < -0.39 is 10.0 Å². The first-order valence-corrected chi connectivity index (χ1v) is 9.93. The Morgan fingerprint density at radius 2 is 1.77 bits per heavy atom. The Labute approximate surface area is 134 Å². The van der Waals surface area contributed by atoms with E-state index in [-0.39, 0.29) is 5.75 Å². The topological polar surface area (TPSA) is 40.6 Å². The van der Waals surface area contributed by atoms with Gasteiger partial charge in [0.1, 0.15) is 0 Å². The molecule has 0 radical (unpaired) electrons. The Kier molecular flexibility index (Phi) is 4.85. The molecule has 3 rings (SSSR count). The molecule has 0 aromatic heterocycles. The van der Waals surface area contributed by atoms with E-state index in [1.54, 1.807) is 4.31 Å². The zero-order valence-electron chi connectivity index (χ0n) is 13.4. The fourth-order valence-electron chi connectivity index (χ4n) is 3.72. The van der Waals surface area contributed by atoms with Crippen LogP contribution >= 0.6 is 0 Å². The van der Waals surface area contributed by atoms with Crippen LogP contribution < -0.4 is 0 Å². The zero-order chi connectivity index (χ0) is 15.6. The minimum atomic E-state index is -3.19. The van der Waals surface area contributed by atoms with Gasteiger partial charge in [0.15, 0.2) is 0 Å². The number of hydrogen-bond donors (Lipinski definition) is 0. The quantitative estimate of drug-likeness (QED) is 0.854. The second-order valence-corrected chi connectivity index (χ2v) is 8.59. The Morgan fingerprint density at radius 3 is 2.41 bits per heavy atom. The largest absolute Gasteiger partial charge is 0.298 e. The van der Waals surface area contributed by atoms with Gasteiger partial charge in [0.2, 0.25) is 10.0 Å². The highest BCUT2D eigenvalue weighted by molar-refractivity contribution is 7.88. The highest BCUT2D eigenvalue weighted by Gasteiger charge is 2.30. The number of nitrogens with zero attached hydrogens (tertiary/aromatic N) is 2. The maximum atomic E-state index is 12.6. The lowest BCUT2D eigenvalue weighted by Crippen LogP contribution is -2.51. The van der Waals surface area contributed by atoms with Crippen molar-refractivity contribution in [1.82, 2.24) is 9.21 Å². The van der Waals surface area contributed by atoms with Crippen molar-refractivity contribution in [3.05, 3.63) is 35.4 Å². The van der Waals surface area contributed by atoms with Gasteiger partial charge in [-0.15, -0.1) is 0 Å². The van der Waals surface area contributed by atoms with Crippen molar-refractivity contribution in [2.24, 2.45) is 0 Å². The summed E-state index contributed by atoms with van der Waals surface area (Å²) in [7, 11) is -3.19. The molecule has 1 aromatic carbocycles. The molecule has 122 valence electrons. The van der Waals surface area contributed by atoms with Crippen molar-refractivity contribution < 1.29 is 8.42 Å². The van der Waals surface area contributed by atoms with Crippen LogP contribution in [0.15, 0.2) is 24.3 Å². The predicted octanol–water partition coefficient (Wildman–Crippen LogP) is 2.39. The van der Waals surface area contributed by atoms with Gasteiger partial charge >= 0.3 is 0 Å². The van der Waals surface area contributed by atoms with Gasteiger partial charge in [-0.3, -0.25) is 4.90 Å². The van der Waals surface area contributed by atoms with Gasteiger partial charge < -0.3 is 0 Å². The standard InChI is InChI=1S/C17H26N2O2S/c1-15-5-4-6-16(13-15)14-22(20,21)19-11-9-18(10-12-19)17-7-2-3-8-17/h4-6,13,17H,2-3,7-12,14H2,1H3. The first-order chi connectivity index (χ1) is 10.5. The summed E-state index contributed by atoms with van der Waals surface area (Å²) in [5.41, 5.74) is 2.00. The number of piperazine rings is 1. The van der Waals surface area contributed by atoms with Gasteiger partial charge in [-0.1, -0.05) is 42.7 Å². The third-order valence-corrected chi connectivity index (χ3v) is 6.79. The molecule has 1 saturated carbocycles. The van der Waals surface area contributed by atoms with Crippen molar-refractivity contribution in [3.8, 4) is 0 Å². The molecule has 0 bridgehead atoms. The third-order valence-electron chi connectivity index (χ3n) is 4.94. The molecule has 2 fully saturated rings. The van der Waals surface area contributed by atoms with Gasteiger partial charge in [0.05, 0.1) is 5.75 Å². The third kappa shape index (κ3) is 3.70. The summed E-state index contributed by atoms with van der Waals surface area (Å²) in [5.74, 6) is 0.123. The summed E-state index contributed by atoms with van der Waals surface area (Å²) in [6.07, 6.45) is 5.24. The van der Waals surface area contributed by atoms with Crippen molar-refractivity contribution in [2.45, 2.75) is 44.4 Å². The Hall–Kier alpha value is -0.910. The number of benzene rings is 1.